The predicted octanol–water partition coefficient (Wildman–Crippen LogP) is 1.14. The number of methoxy groups -OCH3 is 2. The topological polar surface area (TPSA) is 81.9 Å². The van der Waals surface area contributed by atoms with Crippen LogP contribution in [0.5, 0.6) is 0 Å². The fraction of sp³-hybridized carbons (Fsp3) is 0.462. The molecule has 0 radical (unpaired) electrons. The third kappa shape index (κ3) is 2.78. The highest BCUT2D eigenvalue weighted by Gasteiger charge is 2.38. The molecular formula is C13H16N2O5. The first-order valence-corrected chi connectivity index (χ1v) is 6.16. The van der Waals surface area contributed by atoms with Gasteiger partial charge in [0.25, 0.3) is 5.69 Å². The summed E-state index contributed by atoms with van der Waals surface area (Å²) in [6.45, 7) is 1.19. The van der Waals surface area contributed by atoms with Crippen LogP contribution in [-0.4, -0.2) is 49.2 Å². The van der Waals surface area contributed by atoms with Crippen LogP contribution in [0.15, 0.2) is 24.3 Å². The number of likely N-dealkylation sites (tertiary alicyclic amines) is 1. The van der Waals surface area contributed by atoms with Crippen molar-refractivity contribution in [2.24, 2.45) is 0 Å². The van der Waals surface area contributed by atoms with Gasteiger partial charge in [-0.1, -0.05) is 12.1 Å². The number of carbonyl (C=O) groups excluding carboxylic acids is 1. The third-order valence-electron chi connectivity index (χ3n) is 3.40. The maximum Gasteiger partial charge on any atom is 0.327 e. The fourth-order valence-electron chi connectivity index (χ4n) is 2.25. The van der Waals surface area contributed by atoms with E-state index in [9.17, 15) is 14.9 Å². The molecule has 1 aliphatic heterocycles. The minimum Gasteiger partial charge on any atom is -0.468 e. The SMILES string of the molecule is COC(=O)C(c1cccc([N+](=O)[O-])c1)N1CC(OC)C1. The number of esters is 1. The van der Waals surface area contributed by atoms with E-state index < -0.39 is 16.9 Å². The van der Waals surface area contributed by atoms with Gasteiger partial charge in [0.2, 0.25) is 0 Å². The molecule has 0 spiro atoms. The second kappa shape index (κ2) is 5.98. The van der Waals surface area contributed by atoms with Gasteiger partial charge in [-0.3, -0.25) is 15.0 Å². The van der Waals surface area contributed by atoms with Crippen LogP contribution in [0, 0.1) is 10.1 Å². The number of benzene rings is 1. The minimum absolute atomic E-state index is 0.0415. The van der Waals surface area contributed by atoms with E-state index in [0.29, 0.717) is 18.7 Å². The molecule has 108 valence electrons. The fourth-order valence-corrected chi connectivity index (χ4v) is 2.25. The van der Waals surface area contributed by atoms with Crippen LogP contribution in [0.1, 0.15) is 11.6 Å². The van der Waals surface area contributed by atoms with Gasteiger partial charge in [-0.15, -0.1) is 0 Å². The number of nitro benzene ring substituents is 1. The second-order valence-corrected chi connectivity index (χ2v) is 4.59. The molecule has 2 rings (SSSR count). The Kier molecular flexibility index (Phi) is 4.31. The number of hydrogen-bond donors (Lipinski definition) is 0. The number of hydrogen-bond acceptors (Lipinski definition) is 6. The number of carbonyl (C=O) groups is 1. The van der Waals surface area contributed by atoms with Crippen LogP contribution in [0.4, 0.5) is 5.69 Å². The largest absolute Gasteiger partial charge is 0.468 e. The predicted molar refractivity (Wildman–Crippen MR) is 70.2 cm³/mol. The van der Waals surface area contributed by atoms with Crippen LogP contribution >= 0.6 is 0 Å². The Balaban J connectivity index is 2.25. The summed E-state index contributed by atoms with van der Waals surface area (Å²) in [5.41, 5.74) is 0.515. The van der Waals surface area contributed by atoms with Gasteiger partial charge in [0, 0.05) is 32.3 Å². The third-order valence-corrected chi connectivity index (χ3v) is 3.40. The maximum absolute atomic E-state index is 11.9. The van der Waals surface area contributed by atoms with E-state index in [0.717, 1.165) is 0 Å². The van der Waals surface area contributed by atoms with Gasteiger partial charge in [-0.25, -0.2) is 4.79 Å². The molecule has 7 nitrogen and oxygen atoms in total. The van der Waals surface area contributed by atoms with Gasteiger partial charge in [0.15, 0.2) is 0 Å². The summed E-state index contributed by atoms with van der Waals surface area (Å²) in [6.07, 6.45) is 0.0841. The van der Waals surface area contributed by atoms with E-state index in [1.165, 1.54) is 19.2 Å². The molecular weight excluding hydrogens is 264 g/mol. The summed E-state index contributed by atoms with van der Waals surface area (Å²) < 4.78 is 9.98. The summed E-state index contributed by atoms with van der Waals surface area (Å²) in [5.74, 6) is -0.431. The number of non-ortho nitro benzene ring substituents is 1. The van der Waals surface area contributed by atoms with Gasteiger partial charge in [0.1, 0.15) is 6.04 Å². The zero-order valence-electron chi connectivity index (χ0n) is 11.3. The number of nitro groups is 1. The van der Waals surface area contributed by atoms with E-state index in [1.807, 2.05) is 4.90 Å². The van der Waals surface area contributed by atoms with Gasteiger partial charge in [-0.2, -0.15) is 0 Å². The van der Waals surface area contributed by atoms with Crippen molar-refractivity contribution in [3.8, 4) is 0 Å². The van der Waals surface area contributed by atoms with Gasteiger partial charge < -0.3 is 9.47 Å². The van der Waals surface area contributed by atoms with Crippen molar-refractivity contribution in [1.29, 1.82) is 0 Å². The number of ether oxygens (including phenoxy) is 2. The lowest BCUT2D eigenvalue weighted by Gasteiger charge is -2.42. The molecule has 1 aliphatic rings. The Morgan fingerprint density at radius 2 is 2.15 bits per heavy atom. The smallest absolute Gasteiger partial charge is 0.327 e. The Labute approximate surface area is 116 Å². The monoisotopic (exact) mass is 280 g/mol. The minimum atomic E-state index is -0.633. The molecule has 1 aromatic carbocycles. The molecule has 0 saturated carbocycles. The molecule has 20 heavy (non-hydrogen) atoms. The van der Waals surface area contributed by atoms with Crippen LogP contribution in [-0.2, 0) is 14.3 Å². The van der Waals surface area contributed by atoms with Crippen LogP contribution in [0.25, 0.3) is 0 Å². The van der Waals surface area contributed by atoms with Crippen LogP contribution < -0.4 is 0 Å². The Morgan fingerprint density at radius 1 is 1.45 bits per heavy atom. The van der Waals surface area contributed by atoms with E-state index >= 15 is 0 Å². The van der Waals surface area contributed by atoms with Gasteiger partial charge >= 0.3 is 5.97 Å². The standard InChI is InChI=1S/C13H16N2O5/c1-19-11-7-14(8-11)12(13(16)20-2)9-4-3-5-10(6-9)15(17)18/h3-6,11-12H,7-8H2,1-2H3. The average molecular weight is 280 g/mol. The Morgan fingerprint density at radius 3 is 2.70 bits per heavy atom. The van der Waals surface area contributed by atoms with Crippen molar-refractivity contribution in [2.45, 2.75) is 12.1 Å². The highest BCUT2D eigenvalue weighted by Crippen LogP contribution is 2.29. The summed E-state index contributed by atoms with van der Waals surface area (Å²) in [5, 5.41) is 10.8. The lowest BCUT2D eigenvalue weighted by molar-refractivity contribution is -0.384. The quantitative estimate of drug-likeness (QED) is 0.457. The molecule has 0 aliphatic carbocycles. The normalized spacial score (nSPS) is 17.3. The molecule has 0 N–H and O–H groups in total. The summed E-state index contributed by atoms with van der Waals surface area (Å²) >= 11 is 0. The molecule has 1 aromatic rings. The lowest BCUT2D eigenvalue weighted by atomic mass is 10.00. The number of nitrogens with zero attached hydrogens (tertiary/aromatic N) is 2. The van der Waals surface area contributed by atoms with E-state index in [4.69, 9.17) is 9.47 Å². The van der Waals surface area contributed by atoms with Crippen LogP contribution in [0.3, 0.4) is 0 Å². The molecule has 0 amide bonds. The van der Waals surface area contributed by atoms with E-state index in [-0.39, 0.29) is 11.8 Å². The highest BCUT2D eigenvalue weighted by atomic mass is 16.6. The van der Waals surface area contributed by atoms with E-state index in [2.05, 4.69) is 0 Å². The molecule has 1 fully saturated rings. The molecule has 7 heteroatoms. The lowest BCUT2D eigenvalue weighted by Crippen LogP contribution is -2.54. The van der Waals surface area contributed by atoms with Crippen molar-refractivity contribution in [3.05, 3.63) is 39.9 Å². The molecule has 0 bridgehead atoms. The van der Waals surface area contributed by atoms with Crippen molar-refractivity contribution in [1.82, 2.24) is 4.90 Å². The first-order chi connectivity index (χ1) is 9.56. The van der Waals surface area contributed by atoms with Gasteiger partial charge in [0.05, 0.1) is 18.1 Å². The zero-order chi connectivity index (χ0) is 14.7. The van der Waals surface area contributed by atoms with Crippen molar-refractivity contribution in [3.63, 3.8) is 0 Å². The zero-order valence-corrected chi connectivity index (χ0v) is 11.3. The van der Waals surface area contributed by atoms with Crippen molar-refractivity contribution < 1.29 is 19.2 Å². The Bertz CT molecular complexity index is 513. The van der Waals surface area contributed by atoms with Crippen molar-refractivity contribution in [2.75, 3.05) is 27.3 Å². The second-order valence-electron chi connectivity index (χ2n) is 4.59. The molecule has 1 heterocycles. The molecule has 1 unspecified atom stereocenters. The summed E-state index contributed by atoms with van der Waals surface area (Å²) in [6, 6.07) is 5.42. The van der Waals surface area contributed by atoms with Gasteiger partial charge in [-0.05, 0) is 5.56 Å². The first-order valence-electron chi connectivity index (χ1n) is 6.16. The number of rotatable bonds is 5. The average Bonchev–Trinajstić information content (AvgIpc) is 2.41. The van der Waals surface area contributed by atoms with Crippen LogP contribution in [0.2, 0.25) is 0 Å². The van der Waals surface area contributed by atoms with E-state index in [1.54, 1.807) is 19.2 Å². The summed E-state index contributed by atoms with van der Waals surface area (Å²) in [7, 11) is 2.92. The maximum atomic E-state index is 11.9. The Hall–Kier alpha value is -1.99. The highest BCUT2D eigenvalue weighted by molar-refractivity contribution is 5.78. The summed E-state index contributed by atoms with van der Waals surface area (Å²) in [4.78, 5) is 24.2. The molecule has 1 saturated heterocycles. The van der Waals surface area contributed by atoms with Crippen molar-refractivity contribution >= 4 is 11.7 Å². The molecule has 0 aromatic heterocycles. The molecule has 1 atom stereocenters. The first kappa shape index (κ1) is 14.4.